The molecule has 0 aliphatic rings. The molecule has 0 heterocycles. The summed E-state index contributed by atoms with van der Waals surface area (Å²) in [6.45, 7) is 1.36. The van der Waals surface area contributed by atoms with Gasteiger partial charge in [-0.15, -0.1) is 0 Å². The summed E-state index contributed by atoms with van der Waals surface area (Å²) in [5.41, 5.74) is 0. The van der Waals surface area contributed by atoms with Crippen molar-refractivity contribution in [1.82, 2.24) is 0 Å². The van der Waals surface area contributed by atoms with Gasteiger partial charge >= 0.3 is 5.97 Å². The zero-order valence-corrected chi connectivity index (χ0v) is 5.33. The maximum atomic E-state index is 10.2. The first-order valence-electron chi connectivity index (χ1n) is 2.76. The average Bonchev–Trinajstić information content (AvgIpc) is 1.89. The Morgan fingerprint density at radius 2 is 2.44 bits per heavy atom. The monoisotopic (exact) mass is 130 g/mol. The van der Waals surface area contributed by atoms with Crippen molar-refractivity contribution < 1.29 is 14.6 Å². The lowest BCUT2D eigenvalue weighted by atomic mass is 10.5. The maximum absolute atomic E-state index is 10.2. The van der Waals surface area contributed by atoms with E-state index in [1.807, 2.05) is 6.92 Å². The van der Waals surface area contributed by atoms with Crippen LogP contribution in [0.25, 0.3) is 0 Å². The minimum Gasteiger partial charge on any atom is -0.433 e. The van der Waals surface area contributed by atoms with Crippen LogP contribution in [-0.4, -0.2) is 17.7 Å². The van der Waals surface area contributed by atoms with Gasteiger partial charge in [0.2, 0.25) is 0 Å². The quantitative estimate of drug-likeness (QED) is 0.445. The number of carbonyl (C=O) groups is 1. The maximum Gasteiger partial charge on any atom is 0.336 e. The first-order chi connectivity index (χ1) is 4.31. The van der Waals surface area contributed by atoms with Crippen LogP contribution >= 0.6 is 0 Å². The van der Waals surface area contributed by atoms with Crippen molar-refractivity contribution in [3.8, 4) is 0 Å². The SMILES string of the molecule is CC/C=C/OC(=O)CO. The molecule has 0 saturated heterocycles. The lowest BCUT2D eigenvalue weighted by molar-refractivity contribution is -0.141. The van der Waals surface area contributed by atoms with Crippen LogP contribution in [0.4, 0.5) is 0 Å². The topological polar surface area (TPSA) is 46.5 Å². The van der Waals surface area contributed by atoms with Gasteiger partial charge in [0.15, 0.2) is 0 Å². The molecule has 52 valence electrons. The highest BCUT2D eigenvalue weighted by Crippen LogP contribution is 1.82. The molecule has 0 radical (unpaired) electrons. The number of ether oxygens (including phenoxy) is 1. The standard InChI is InChI=1S/C6H10O3/c1-2-3-4-9-6(8)5-7/h3-4,7H,2,5H2,1H3/b4-3+. The van der Waals surface area contributed by atoms with Crippen molar-refractivity contribution in [3.05, 3.63) is 12.3 Å². The van der Waals surface area contributed by atoms with E-state index < -0.39 is 12.6 Å². The van der Waals surface area contributed by atoms with E-state index in [4.69, 9.17) is 5.11 Å². The molecule has 0 bridgehead atoms. The van der Waals surface area contributed by atoms with Gasteiger partial charge in [0, 0.05) is 0 Å². The third-order valence-corrected chi connectivity index (χ3v) is 0.661. The zero-order valence-electron chi connectivity index (χ0n) is 5.33. The first kappa shape index (κ1) is 8.17. The predicted molar refractivity (Wildman–Crippen MR) is 32.6 cm³/mol. The second kappa shape index (κ2) is 5.31. The van der Waals surface area contributed by atoms with Gasteiger partial charge in [-0.25, -0.2) is 4.79 Å². The number of aliphatic hydroxyl groups excluding tert-OH is 1. The molecule has 0 rings (SSSR count). The molecule has 1 N–H and O–H groups in total. The van der Waals surface area contributed by atoms with Gasteiger partial charge in [0.1, 0.15) is 6.61 Å². The van der Waals surface area contributed by atoms with Crippen molar-refractivity contribution in [3.63, 3.8) is 0 Å². The van der Waals surface area contributed by atoms with Crippen LogP contribution < -0.4 is 0 Å². The number of aliphatic hydroxyl groups is 1. The fourth-order valence-electron chi connectivity index (χ4n) is 0.257. The molecule has 0 fully saturated rings. The molecule has 0 saturated carbocycles. The molecule has 9 heavy (non-hydrogen) atoms. The highest BCUT2D eigenvalue weighted by molar-refractivity contribution is 5.70. The lowest BCUT2D eigenvalue weighted by Crippen LogP contribution is -2.03. The van der Waals surface area contributed by atoms with E-state index >= 15 is 0 Å². The molecular formula is C6H10O3. The van der Waals surface area contributed by atoms with E-state index in [9.17, 15) is 4.79 Å². The van der Waals surface area contributed by atoms with Crippen LogP contribution in [0.3, 0.4) is 0 Å². The van der Waals surface area contributed by atoms with Crippen molar-refractivity contribution >= 4 is 5.97 Å². The molecule has 0 aromatic rings. The van der Waals surface area contributed by atoms with Crippen molar-refractivity contribution in [1.29, 1.82) is 0 Å². The van der Waals surface area contributed by atoms with Crippen molar-refractivity contribution in [2.75, 3.05) is 6.61 Å². The van der Waals surface area contributed by atoms with Gasteiger partial charge in [-0.2, -0.15) is 0 Å². The molecule has 0 aromatic heterocycles. The Hall–Kier alpha value is -0.830. The van der Waals surface area contributed by atoms with E-state index in [-0.39, 0.29) is 0 Å². The highest BCUT2D eigenvalue weighted by atomic mass is 16.5. The summed E-state index contributed by atoms with van der Waals surface area (Å²) in [6, 6.07) is 0. The van der Waals surface area contributed by atoms with E-state index in [0.717, 1.165) is 6.42 Å². The van der Waals surface area contributed by atoms with Crippen LogP contribution in [0.1, 0.15) is 13.3 Å². The summed E-state index contributed by atoms with van der Waals surface area (Å²) in [5.74, 6) is -0.625. The third-order valence-electron chi connectivity index (χ3n) is 0.661. The van der Waals surface area contributed by atoms with E-state index in [2.05, 4.69) is 4.74 Å². The molecule has 0 aliphatic carbocycles. The number of esters is 1. The molecule has 3 nitrogen and oxygen atoms in total. The molecule has 0 spiro atoms. The second-order valence-corrected chi connectivity index (χ2v) is 1.43. The van der Waals surface area contributed by atoms with Crippen LogP contribution in [-0.2, 0) is 9.53 Å². The fraction of sp³-hybridized carbons (Fsp3) is 0.500. The summed E-state index contributed by atoms with van der Waals surface area (Å²) in [5, 5.41) is 8.13. The molecule has 0 unspecified atom stereocenters. The summed E-state index contributed by atoms with van der Waals surface area (Å²) in [7, 11) is 0. The lowest BCUT2D eigenvalue weighted by Gasteiger charge is -1.90. The summed E-state index contributed by atoms with van der Waals surface area (Å²) < 4.78 is 4.36. The smallest absolute Gasteiger partial charge is 0.336 e. The Kier molecular flexibility index (Phi) is 4.82. The Bertz CT molecular complexity index is 107. The van der Waals surface area contributed by atoms with Crippen LogP contribution in [0, 0.1) is 0 Å². The van der Waals surface area contributed by atoms with Gasteiger partial charge in [-0.1, -0.05) is 6.92 Å². The molecule has 3 heteroatoms. The Labute approximate surface area is 53.9 Å². The Balaban J connectivity index is 3.26. The van der Waals surface area contributed by atoms with E-state index in [0.29, 0.717) is 0 Å². The van der Waals surface area contributed by atoms with Gasteiger partial charge in [-0.3, -0.25) is 0 Å². The normalized spacial score (nSPS) is 10.0. The number of hydrogen-bond donors (Lipinski definition) is 1. The number of carbonyl (C=O) groups excluding carboxylic acids is 1. The summed E-state index contributed by atoms with van der Waals surface area (Å²) >= 11 is 0. The molecule has 0 aliphatic heterocycles. The largest absolute Gasteiger partial charge is 0.433 e. The van der Waals surface area contributed by atoms with Crippen molar-refractivity contribution in [2.45, 2.75) is 13.3 Å². The first-order valence-corrected chi connectivity index (χ1v) is 2.76. The minimum atomic E-state index is -0.625. The van der Waals surface area contributed by atoms with Gasteiger partial charge in [0.25, 0.3) is 0 Å². The second-order valence-electron chi connectivity index (χ2n) is 1.43. The highest BCUT2D eigenvalue weighted by Gasteiger charge is 1.92. The number of allylic oxidation sites excluding steroid dienone is 1. The third kappa shape index (κ3) is 5.03. The van der Waals surface area contributed by atoms with E-state index in [1.165, 1.54) is 6.26 Å². The Morgan fingerprint density at radius 1 is 1.78 bits per heavy atom. The van der Waals surface area contributed by atoms with E-state index in [1.54, 1.807) is 6.08 Å². The van der Waals surface area contributed by atoms with Crippen LogP contribution in [0.2, 0.25) is 0 Å². The van der Waals surface area contributed by atoms with Gasteiger partial charge in [0.05, 0.1) is 6.26 Å². The fourth-order valence-corrected chi connectivity index (χ4v) is 0.257. The summed E-state index contributed by atoms with van der Waals surface area (Å²) in [6.07, 6.45) is 3.78. The predicted octanol–water partition coefficient (Wildman–Crippen LogP) is 0.446. The van der Waals surface area contributed by atoms with Crippen molar-refractivity contribution in [2.24, 2.45) is 0 Å². The Morgan fingerprint density at radius 3 is 2.89 bits per heavy atom. The van der Waals surface area contributed by atoms with Crippen LogP contribution in [0.15, 0.2) is 12.3 Å². The average molecular weight is 130 g/mol. The minimum absolute atomic E-state index is 0.561. The molecule has 0 aromatic carbocycles. The van der Waals surface area contributed by atoms with Crippen LogP contribution in [0.5, 0.6) is 0 Å². The zero-order chi connectivity index (χ0) is 7.11. The molecular weight excluding hydrogens is 120 g/mol. The van der Waals surface area contributed by atoms with Gasteiger partial charge < -0.3 is 9.84 Å². The van der Waals surface area contributed by atoms with Gasteiger partial charge in [-0.05, 0) is 12.5 Å². The molecule has 0 amide bonds. The molecule has 0 atom stereocenters. The number of hydrogen-bond acceptors (Lipinski definition) is 3. The summed E-state index contributed by atoms with van der Waals surface area (Å²) in [4.78, 5) is 10.2. The number of rotatable bonds is 3.